The fraction of sp³-hybridized carbons (Fsp3) is 0.278. The Labute approximate surface area is 136 Å². The van der Waals surface area contributed by atoms with Crippen molar-refractivity contribution in [1.82, 2.24) is 10.2 Å². The zero-order valence-corrected chi connectivity index (χ0v) is 13.2. The number of anilines is 1. The highest BCUT2D eigenvalue weighted by Crippen LogP contribution is 2.31. The lowest BCUT2D eigenvalue weighted by Gasteiger charge is -2.27. The Balaban J connectivity index is 1.84. The van der Waals surface area contributed by atoms with E-state index in [0.717, 1.165) is 43.1 Å². The van der Waals surface area contributed by atoms with Crippen molar-refractivity contribution in [1.29, 1.82) is 0 Å². The number of carbonyl (C=O) groups excluding carboxylic acids is 1. The minimum atomic E-state index is 0.0811. The molecule has 120 valence electrons. The van der Waals surface area contributed by atoms with Crippen molar-refractivity contribution in [3.8, 4) is 16.9 Å². The Hall–Kier alpha value is -2.53. The Kier molecular flexibility index (Phi) is 4.48. The molecule has 0 atom stereocenters. The first-order valence-corrected chi connectivity index (χ1v) is 7.73. The van der Waals surface area contributed by atoms with Gasteiger partial charge in [-0.05, 0) is 35.9 Å². The van der Waals surface area contributed by atoms with Gasteiger partial charge in [0, 0.05) is 43.0 Å². The summed E-state index contributed by atoms with van der Waals surface area (Å²) in [6, 6.07) is 13.1. The molecular formula is C18H21N3O2. The Morgan fingerprint density at radius 3 is 2.48 bits per heavy atom. The molecule has 23 heavy (non-hydrogen) atoms. The topological polar surface area (TPSA) is 67.6 Å². The zero-order valence-electron chi connectivity index (χ0n) is 13.2. The molecule has 3 rings (SSSR count). The van der Waals surface area contributed by atoms with Crippen LogP contribution in [0.3, 0.4) is 0 Å². The number of nitrogen functional groups attached to an aromatic ring is 1. The normalized spacial score (nSPS) is 14.6. The van der Waals surface area contributed by atoms with Gasteiger partial charge in [0.25, 0.3) is 5.91 Å². The molecule has 0 unspecified atom stereocenters. The molecule has 1 aliphatic heterocycles. The molecule has 0 radical (unpaired) electrons. The predicted molar refractivity (Wildman–Crippen MR) is 91.6 cm³/mol. The van der Waals surface area contributed by atoms with Gasteiger partial charge in [0.05, 0.1) is 7.11 Å². The van der Waals surface area contributed by atoms with Crippen LogP contribution >= 0.6 is 0 Å². The summed E-state index contributed by atoms with van der Waals surface area (Å²) in [5.41, 5.74) is 9.16. The lowest BCUT2D eigenvalue weighted by Crippen LogP contribution is -2.46. The number of benzene rings is 2. The highest BCUT2D eigenvalue weighted by Gasteiger charge is 2.18. The molecule has 5 heteroatoms. The van der Waals surface area contributed by atoms with Crippen LogP contribution in [0.5, 0.6) is 5.75 Å². The van der Waals surface area contributed by atoms with Gasteiger partial charge in [0.1, 0.15) is 5.75 Å². The number of hydrogen-bond donors (Lipinski definition) is 2. The van der Waals surface area contributed by atoms with Crippen molar-refractivity contribution in [3.63, 3.8) is 0 Å². The van der Waals surface area contributed by atoms with Crippen LogP contribution in [0.4, 0.5) is 5.69 Å². The molecule has 0 bridgehead atoms. The molecule has 1 heterocycles. The first kappa shape index (κ1) is 15.4. The second-order valence-electron chi connectivity index (χ2n) is 5.58. The van der Waals surface area contributed by atoms with Crippen molar-refractivity contribution in [2.75, 3.05) is 39.0 Å². The lowest BCUT2D eigenvalue weighted by molar-refractivity contribution is 0.0736. The fourth-order valence-electron chi connectivity index (χ4n) is 2.79. The van der Waals surface area contributed by atoms with E-state index < -0.39 is 0 Å². The van der Waals surface area contributed by atoms with E-state index in [-0.39, 0.29) is 5.91 Å². The van der Waals surface area contributed by atoms with E-state index >= 15 is 0 Å². The Morgan fingerprint density at radius 2 is 1.83 bits per heavy atom. The molecule has 2 aromatic rings. The van der Waals surface area contributed by atoms with Crippen LogP contribution < -0.4 is 15.8 Å². The van der Waals surface area contributed by atoms with Crippen LogP contribution in [0.1, 0.15) is 10.4 Å². The van der Waals surface area contributed by atoms with Crippen LogP contribution in [-0.2, 0) is 0 Å². The van der Waals surface area contributed by atoms with Crippen LogP contribution in [0.25, 0.3) is 11.1 Å². The third kappa shape index (κ3) is 3.29. The number of nitrogens with zero attached hydrogens (tertiary/aromatic N) is 1. The third-order valence-corrected chi connectivity index (χ3v) is 4.07. The van der Waals surface area contributed by atoms with E-state index in [2.05, 4.69) is 5.32 Å². The minimum absolute atomic E-state index is 0.0811. The van der Waals surface area contributed by atoms with Gasteiger partial charge in [0.15, 0.2) is 0 Å². The van der Waals surface area contributed by atoms with Gasteiger partial charge in [-0.15, -0.1) is 0 Å². The molecule has 1 aliphatic rings. The van der Waals surface area contributed by atoms with Crippen molar-refractivity contribution in [3.05, 3.63) is 48.0 Å². The van der Waals surface area contributed by atoms with Gasteiger partial charge in [-0.3, -0.25) is 4.79 Å². The largest absolute Gasteiger partial charge is 0.496 e. The molecular weight excluding hydrogens is 290 g/mol. The lowest BCUT2D eigenvalue weighted by atomic mass is 10.0. The summed E-state index contributed by atoms with van der Waals surface area (Å²) in [5, 5.41) is 3.25. The van der Waals surface area contributed by atoms with Crippen LogP contribution in [0, 0.1) is 0 Å². The molecule has 0 saturated carbocycles. The maximum Gasteiger partial charge on any atom is 0.253 e. The number of carbonyl (C=O) groups is 1. The van der Waals surface area contributed by atoms with Crippen molar-refractivity contribution in [2.45, 2.75) is 0 Å². The van der Waals surface area contributed by atoms with E-state index in [9.17, 15) is 4.79 Å². The third-order valence-electron chi connectivity index (χ3n) is 4.07. The summed E-state index contributed by atoms with van der Waals surface area (Å²) >= 11 is 0. The van der Waals surface area contributed by atoms with Gasteiger partial charge in [-0.1, -0.05) is 12.1 Å². The first-order chi connectivity index (χ1) is 11.2. The van der Waals surface area contributed by atoms with E-state index in [1.54, 1.807) is 7.11 Å². The van der Waals surface area contributed by atoms with E-state index in [1.165, 1.54) is 0 Å². The maximum absolute atomic E-state index is 12.5. The van der Waals surface area contributed by atoms with E-state index in [0.29, 0.717) is 11.3 Å². The molecule has 0 aromatic heterocycles. The van der Waals surface area contributed by atoms with Gasteiger partial charge in [-0.2, -0.15) is 0 Å². The average molecular weight is 311 g/mol. The molecule has 5 nitrogen and oxygen atoms in total. The van der Waals surface area contributed by atoms with Gasteiger partial charge >= 0.3 is 0 Å². The number of piperazine rings is 1. The Bertz CT molecular complexity index is 692. The fourth-order valence-corrected chi connectivity index (χ4v) is 2.79. The number of rotatable bonds is 3. The molecule has 1 fully saturated rings. The SMILES string of the molecule is COc1ccc(N)cc1-c1ccc(C(=O)N2CCNCC2)cc1. The maximum atomic E-state index is 12.5. The number of methoxy groups -OCH3 is 1. The monoisotopic (exact) mass is 311 g/mol. The molecule has 0 spiro atoms. The highest BCUT2D eigenvalue weighted by atomic mass is 16.5. The number of nitrogens with one attached hydrogen (secondary N) is 1. The van der Waals surface area contributed by atoms with Crippen molar-refractivity contribution < 1.29 is 9.53 Å². The van der Waals surface area contributed by atoms with Crippen molar-refractivity contribution >= 4 is 11.6 Å². The number of amides is 1. The predicted octanol–water partition coefficient (Wildman–Crippen LogP) is 1.99. The second-order valence-corrected chi connectivity index (χ2v) is 5.58. The molecule has 3 N–H and O–H groups in total. The van der Waals surface area contributed by atoms with E-state index in [4.69, 9.17) is 10.5 Å². The van der Waals surface area contributed by atoms with Crippen LogP contribution in [0.2, 0.25) is 0 Å². The quantitative estimate of drug-likeness (QED) is 0.851. The van der Waals surface area contributed by atoms with Gasteiger partial charge in [0.2, 0.25) is 0 Å². The molecule has 2 aromatic carbocycles. The summed E-state index contributed by atoms with van der Waals surface area (Å²) in [5.74, 6) is 0.845. The smallest absolute Gasteiger partial charge is 0.253 e. The number of hydrogen-bond acceptors (Lipinski definition) is 4. The molecule has 1 amide bonds. The summed E-state index contributed by atoms with van der Waals surface area (Å²) < 4.78 is 5.39. The zero-order chi connectivity index (χ0) is 16.2. The first-order valence-electron chi connectivity index (χ1n) is 7.73. The summed E-state index contributed by atoms with van der Waals surface area (Å²) in [6.45, 7) is 3.21. The number of ether oxygens (including phenoxy) is 1. The van der Waals surface area contributed by atoms with Crippen LogP contribution in [-0.4, -0.2) is 44.1 Å². The summed E-state index contributed by atoms with van der Waals surface area (Å²) in [4.78, 5) is 14.4. The van der Waals surface area contributed by atoms with E-state index in [1.807, 2.05) is 47.4 Å². The second kappa shape index (κ2) is 6.71. The van der Waals surface area contributed by atoms with Gasteiger partial charge < -0.3 is 20.7 Å². The van der Waals surface area contributed by atoms with Crippen molar-refractivity contribution in [2.24, 2.45) is 0 Å². The molecule has 0 aliphatic carbocycles. The van der Waals surface area contributed by atoms with Gasteiger partial charge in [-0.25, -0.2) is 0 Å². The highest BCUT2D eigenvalue weighted by molar-refractivity contribution is 5.95. The van der Waals surface area contributed by atoms with Crippen LogP contribution in [0.15, 0.2) is 42.5 Å². The Morgan fingerprint density at radius 1 is 1.13 bits per heavy atom. The molecule has 1 saturated heterocycles. The minimum Gasteiger partial charge on any atom is -0.496 e. The summed E-state index contributed by atoms with van der Waals surface area (Å²) in [7, 11) is 1.64. The standard InChI is InChI=1S/C18H21N3O2/c1-23-17-7-6-15(19)12-16(17)13-2-4-14(5-3-13)18(22)21-10-8-20-9-11-21/h2-7,12,20H,8-11,19H2,1H3. The summed E-state index contributed by atoms with van der Waals surface area (Å²) in [6.07, 6.45) is 0. The number of nitrogens with two attached hydrogens (primary N) is 1. The average Bonchev–Trinajstić information content (AvgIpc) is 2.62.